The van der Waals surface area contributed by atoms with E-state index < -0.39 is 97.5 Å². The topological polar surface area (TPSA) is 237 Å². The van der Waals surface area contributed by atoms with Crippen LogP contribution < -0.4 is 0 Å². The van der Waals surface area contributed by atoms with Crippen molar-refractivity contribution in [2.24, 2.45) is 11.8 Å². The van der Waals surface area contributed by atoms with Gasteiger partial charge in [0.05, 0.1) is 26.4 Å². The predicted molar refractivity (Wildman–Crippen MR) is 460 cm³/mol. The van der Waals surface area contributed by atoms with E-state index in [0.717, 1.165) is 102 Å². The van der Waals surface area contributed by atoms with E-state index in [9.17, 15) is 43.2 Å². The van der Waals surface area contributed by atoms with Crippen molar-refractivity contribution in [2.45, 2.75) is 516 Å². The number of ether oxygens (including phenoxy) is 4. The fourth-order valence-corrected chi connectivity index (χ4v) is 16.0. The second kappa shape index (κ2) is 83.1. The third-order valence-electron chi connectivity index (χ3n) is 22.1. The van der Waals surface area contributed by atoms with Crippen LogP contribution in [0.3, 0.4) is 0 Å². The highest BCUT2D eigenvalue weighted by Gasteiger charge is 2.31. The number of aliphatic hydroxyl groups excluding tert-OH is 1. The average Bonchev–Trinajstić information content (AvgIpc) is 0.902. The SMILES string of the molecule is CCCCCCCCCCCCCCCCCCCCCC(=O)OC[C@H](COP(=O)(O)OC[C@@H](O)COP(=O)(O)OC[C@@H](COC(=O)CCCCCCCCCCC(C)CC)OC(=O)CCCCCCCCCCCCCCCCCCCCC)OC(=O)CCCCCCCCCCCCCCCCCCCCC(C)C. The summed E-state index contributed by atoms with van der Waals surface area (Å²) in [5.74, 6) is -0.497. The first-order chi connectivity index (χ1) is 53.9. The Balaban J connectivity index is 5.25. The summed E-state index contributed by atoms with van der Waals surface area (Å²) in [6.45, 7) is 9.75. The monoisotopic (exact) mass is 1620 g/mol. The van der Waals surface area contributed by atoms with Crippen LogP contribution in [-0.4, -0.2) is 96.7 Å². The second-order valence-corrected chi connectivity index (χ2v) is 36.7. The van der Waals surface area contributed by atoms with Crippen LogP contribution in [-0.2, 0) is 65.4 Å². The van der Waals surface area contributed by atoms with Gasteiger partial charge in [0.1, 0.15) is 19.3 Å². The van der Waals surface area contributed by atoms with Crippen molar-refractivity contribution in [1.29, 1.82) is 0 Å². The molecule has 0 heterocycles. The first-order valence-corrected chi connectivity index (χ1v) is 50.5. The quantitative estimate of drug-likeness (QED) is 0.0222. The Labute approximate surface area is 683 Å². The van der Waals surface area contributed by atoms with Gasteiger partial charge >= 0.3 is 39.5 Å². The molecule has 0 aromatic heterocycles. The normalized spacial score (nSPS) is 14.0. The van der Waals surface area contributed by atoms with Gasteiger partial charge in [0.2, 0.25) is 0 Å². The van der Waals surface area contributed by atoms with Gasteiger partial charge in [-0.05, 0) is 37.5 Å². The third kappa shape index (κ3) is 84.3. The fourth-order valence-electron chi connectivity index (χ4n) is 14.4. The zero-order chi connectivity index (χ0) is 81.3. The number of carbonyl (C=O) groups excluding carboxylic acids is 4. The van der Waals surface area contributed by atoms with Crippen molar-refractivity contribution in [2.75, 3.05) is 39.6 Å². The second-order valence-electron chi connectivity index (χ2n) is 33.8. The number of carbonyl (C=O) groups is 4. The van der Waals surface area contributed by atoms with Gasteiger partial charge in [-0.25, -0.2) is 9.13 Å². The molecule has 0 aliphatic carbocycles. The van der Waals surface area contributed by atoms with Gasteiger partial charge in [-0.1, -0.05) is 446 Å². The molecule has 0 aliphatic rings. The van der Waals surface area contributed by atoms with Gasteiger partial charge in [0, 0.05) is 25.7 Å². The van der Waals surface area contributed by atoms with Gasteiger partial charge in [0.25, 0.3) is 0 Å². The standard InChI is InChI=1S/C92H180O17P2/c1-7-10-12-14-16-18-20-22-24-26-28-33-37-41-45-49-56-62-68-74-89(94)102-80-87(108-91(96)76-70-65-59-51-47-43-39-35-31-30-32-36-40-44-48-54-60-66-72-84(4)5)82-106-110(98,99)104-78-86(93)79-105-111(100,101)107-83-88(81-103-90(95)75-69-63-57-53-52-55-61-67-73-85(6)9-3)109-92(97)77-71-64-58-50-46-42-38-34-29-27-25-23-21-19-17-15-13-11-8-2/h84-88,93H,7-83H2,1-6H3,(H,98,99)(H,100,101)/t85?,86-,87-,88-/m1/s1. The Bertz CT molecular complexity index is 2120. The molecule has 0 bridgehead atoms. The van der Waals surface area contributed by atoms with E-state index >= 15 is 0 Å². The van der Waals surface area contributed by atoms with Crippen molar-refractivity contribution < 1.29 is 80.2 Å². The number of aliphatic hydroxyl groups is 1. The van der Waals surface area contributed by atoms with Crippen LogP contribution in [0.25, 0.3) is 0 Å². The number of phosphoric ester groups is 2. The third-order valence-corrected chi connectivity index (χ3v) is 24.0. The van der Waals surface area contributed by atoms with Crippen molar-refractivity contribution in [3.8, 4) is 0 Å². The summed E-state index contributed by atoms with van der Waals surface area (Å²) in [6.07, 6.45) is 77.8. The number of esters is 4. The van der Waals surface area contributed by atoms with Gasteiger partial charge < -0.3 is 33.8 Å². The molecule has 0 aliphatic heterocycles. The highest BCUT2D eigenvalue weighted by Crippen LogP contribution is 2.45. The molecule has 0 saturated carbocycles. The molecule has 0 amide bonds. The Morgan fingerprint density at radius 2 is 0.459 bits per heavy atom. The summed E-state index contributed by atoms with van der Waals surface area (Å²) in [7, 11) is -9.94. The predicted octanol–water partition coefficient (Wildman–Crippen LogP) is 28.6. The largest absolute Gasteiger partial charge is 0.472 e. The fraction of sp³-hybridized carbons (Fsp3) is 0.957. The Morgan fingerprint density at radius 1 is 0.261 bits per heavy atom. The lowest BCUT2D eigenvalue weighted by molar-refractivity contribution is -0.161. The summed E-state index contributed by atoms with van der Waals surface area (Å²) in [6, 6.07) is 0. The van der Waals surface area contributed by atoms with Crippen molar-refractivity contribution in [1.82, 2.24) is 0 Å². The summed E-state index contributed by atoms with van der Waals surface area (Å²) in [5.41, 5.74) is 0. The maximum Gasteiger partial charge on any atom is 0.472 e. The van der Waals surface area contributed by atoms with Crippen LogP contribution >= 0.6 is 15.6 Å². The molecule has 3 N–H and O–H groups in total. The molecule has 3 unspecified atom stereocenters. The molecule has 19 heteroatoms. The molecule has 111 heavy (non-hydrogen) atoms. The lowest BCUT2D eigenvalue weighted by atomic mass is 9.99. The number of phosphoric acid groups is 2. The Kier molecular flexibility index (Phi) is 81.7. The molecule has 0 fully saturated rings. The number of hydrogen-bond acceptors (Lipinski definition) is 15. The first-order valence-electron chi connectivity index (χ1n) is 47.5. The molecular weight excluding hydrogens is 1440 g/mol. The molecule has 0 rings (SSSR count). The van der Waals surface area contributed by atoms with Crippen LogP contribution in [0.2, 0.25) is 0 Å². The molecule has 0 aromatic carbocycles. The average molecular weight is 1620 g/mol. The van der Waals surface area contributed by atoms with Crippen LogP contribution in [0, 0.1) is 11.8 Å². The Morgan fingerprint density at radius 3 is 0.685 bits per heavy atom. The lowest BCUT2D eigenvalue weighted by Gasteiger charge is -2.21. The van der Waals surface area contributed by atoms with Crippen LogP contribution in [0.4, 0.5) is 0 Å². The molecule has 6 atom stereocenters. The van der Waals surface area contributed by atoms with E-state index in [1.54, 1.807) is 0 Å². The number of unbranched alkanes of at least 4 members (excludes halogenated alkanes) is 60. The summed E-state index contributed by atoms with van der Waals surface area (Å²) in [5, 5.41) is 10.7. The van der Waals surface area contributed by atoms with Gasteiger partial charge in [-0.15, -0.1) is 0 Å². The Hall–Kier alpha value is -1.94. The smallest absolute Gasteiger partial charge is 0.462 e. The van der Waals surface area contributed by atoms with Crippen LogP contribution in [0.1, 0.15) is 497 Å². The van der Waals surface area contributed by atoms with E-state index in [-0.39, 0.29) is 25.7 Å². The van der Waals surface area contributed by atoms with Crippen LogP contribution in [0.5, 0.6) is 0 Å². The van der Waals surface area contributed by atoms with Crippen molar-refractivity contribution >= 4 is 39.5 Å². The maximum atomic E-state index is 13.2. The highest BCUT2D eigenvalue weighted by molar-refractivity contribution is 7.47. The molecule has 660 valence electrons. The minimum absolute atomic E-state index is 0.109. The molecule has 0 aromatic rings. The minimum Gasteiger partial charge on any atom is -0.462 e. The van der Waals surface area contributed by atoms with Crippen molar-refractivity contribution in [3.05, 3.63) is 0 Å². The summed E-state index contributed by atoms with van der Waals surface area (Å²) < 4.78 is 69.1. The van der Waals surface area contributed by atoms with E-state index in [0.29, 0.717) is 25.7 Å². The molecule has 0 spiro atoms. The van der Waals surface area contributed by atoms with E-state index in [1.165, 1.54) is 315 Å². The minimum atomic E-state index is -4.97. The highest BCUT2D eigenvalue weighted by atomic mass is 31.2. The zero-order valence-corrected chi connectivity index (χ0v) is 75.1. The van der Waals surface area contributed by atoms with Gasteiger partial charge in [0.15, 0.2) is 12.2 Å². The van der Waals surface area contributed by atoms with Gasteiger partial charge in [-0.3, -0.25) is 37.3 Å². The van der Waals surface area contributed by atoms with Crippen molar-refractivity contribution in [3.63, 3.8) is 0 Å². The molecule has 0 radical (unpaired) electrons. The first kappa shape index (κ1) is 109. The van der Waals surface area contributed by atoms with E-state index in [2.05, 4.69) is 41.5 Å². The number of rotatable bonds is 91. The molecular formula is C92H180O17P2. The lowest BCUT2D eigenvalue weighted by Crippen LogP contribution is -2.30. The van der Waals surface area contributed by atoms with E-state index in [4.69, 9.17) is 37.0 Å². The molecule has 17 nitrogen and oxygen atoms in total. The van der Waals surface area contributed by atoms with Gasteiger partial charge in [-0.2, -0.15) is 0 Å². The number of hydrogen-bond donors (Lipinski definition) is 3. The summed E-state index contributed by atoms with van der Waals surface area (Å²) in [4.78, 5) is 73.5. The van der Waals surface area contributed by atoms with E-state index in [1.807, 2.05) is 0 Å². The maximum absolute atomic E-state index is 13.2. The summed E-state index contributed by atoms with van der Waals surface area (Å²) >= 11 is 0. The zero-order valence-electron chi connectivity index (χ0n) is 73.3. The molecule has 0 saturated heterocycles. The van der Waals surface area contributed by atoms with Crippen LogP contribution in [0.15, 0.2) is 0 Å².